The van der Waals surface area contributed by atoms with E-state index in [2.05, 4.69) is 43.9 Å². The lowest BCUT2D eigenvalue weighted by molar-refractivity contribution is 0.913. The molecule has 1 nitrogen and oxygen atoms in total. The number of nitrogens with one attached hydrogen (secondary N) is 1. The smallest absolute Gasteiger partial charge is 0.0259 e. The van der Waals surface area contributed by atoms with E-state index in [1.54, 1.807) is 11.8 Å². The summed E-state index contributed by atoms with van der Waals surface area (Å²) in [5.74, 6) is 0. The summed E-state index contributed by atoms with van der Waals surface area (Å²) in [6.07, 6.45) is 0. The molecule has 0 aliphatic rings. The van der Waals surface area contributed by atoms with Gasteiger partial charge in [0.05, 0.1) is 0 Å². The van der Waals surface area contributed by atoms with Crippen LogP contribution in [0.1, 0.15) is 11.1 Å². The second kappa shape index (κ2) is 5.23. The Labute approximate surface area is 90.6 Å². The number of rotatable bonds is 4. The fourth-order valence-electron chi connectivity index (χ4n) is 1.30. The number of hydrogen-bond donors (Lipinski definition) is 1. The Balaban J connectivity index is 2.72. The van der Waals surface area contributed by atoms with Gasteiger partial charge in [-0.15, -0.1) is 0 Å². The molecule has 0 saturated heterocycles. The monoisotopic (exact) mass is 207 g/mol. The number of benzene rings is 1. The van der Waals surface area contributed by atoms with Crippen LogP contribution in [0.4, 0.5) is 0 Å². The highest BCUT2D eigenvalue weighted by atomic mass is 32.2. The Morgan fingerprint density at radius 3 is 2.71 bits per heavy atom. The van der Waals surface area contributed by atoms with Crippen LogP contribution in [0.2, 0.25) is 0 Å². The van der Waals surface area contributed by atoms with Crippen LogP contribution in [-0.4, -0.2) is 13.6 Å². The summed E-state index contributed by atoms with van der Waals surface area (Å²) < 4.78 is 0. The summed E-state index contributed by atoms with van der Waals surface area (Å²) in [4.78, 5) is 2.45. The molecule has 0 radical (unpaired) electrons. The zero-order chi connectivity index (χ0) is 10.6. The third kappa shape index (κ3) is 3.20. The zero-order valence-corrected chi connectivity index (χ0v) is 9.87. The minimum atomic E-state index is 0.859. The van der Waals surface area contributed by atoms with Gasteiger partial charge >= 0.3 is 0 Å². The predicted molar refractivity (Wildman–Crippen MR) is 64.8 cm³/mol. The van der Waals surface area contributed by atoms with E-state index >= 15 is 0 Å². The molecule has 0 heterocycles. The maximum absolute atomic E-state index is 4.00. The van der Waals surface area contributed by atoms with Crippen LogP contribution in [0.15, 0.2) is 34.6 Å². The second-order valence-corrected chi connectivity index (χ2v) is 4.66. The number of likely N-dealkylation sites (N-methyl/N-ethyl adjacent to an activating group) is 1. The van der Waals surface area contributed by atoms with Crippen LogP contribution in [0.3, 0.4) is 0 Å². The lowest BCUT2D eigenvalue weighted by atomic mass is 10.2. The highest BCUT2D eigenvalue weighted by Gasteiger charge is 2.01. The highest BCUT2D eigenvalue weighted by Crippen LogP contribution is 2.28. The van der Waals surface area contributed by atoms with Crippen LogP contribution in [0, 0.1) is 13.8 Å². The van der Waals surface area contributed by atoms with E-state index in [1.165, 1.54) is 16.0 Å². The van der Waals surface area contributed by atoms with Gasteiger partial charge in [-0.25, -0.2) is 0 Å². The van der Waals surface area contributed by atoms with E-state index < -0.39 is 0 Å². The van der Waals surface area contributed by atoms with Gasteiger partial charge in [-0.3, -0.25) is 0 Å². The molecule has 0 spiro atoms. The van der Waals surface area contributed by atoms with Crippen LogP contribution in [0.25, 0.3) is 0 Å². The van der Waals surface area contributed by atoms with Crippen molar-refractivity contribution in [2.75, 3.05) is 13.6 Å². The molecule has 14 heavy (non-hydrogen) atoms. The third-order valence-electron chi connectivity index (χ3n) is 1.96. The van der Waals surface area contributed by atoms with Gasteiger partial charge in [0, 0.05) is 11.4 Å². The average Bonchev–Trinajstić information content (AvgIpc) is 2.10. The highest BCUT2D eigenvalue weighted by molar-refractivity contribution is 8.03. The van der Waals surface area contributed by atoms with Gasteiger partial charge in [0.2, 0.25) is 0 Å². The molecule has 0 aliphatic carbocycles. The summed E-state index contributed by atoms with van der Waals surface area (Å²) in [6, 6.07) is 6.51. The SMILES string of the molecule is C=C(CNC)Sc1ccc(C)cc1C. The Kier molecular flexibility index (Phi) is 4.23. The Hall–Kier alpha value is -0.730. The first kappa shape index (κ1) is 11.3. The van der Waals surface area contributed by atoms with Crippen molar-refractivity contribution in [1.82, 2.24) is 5.32 Å². The number of hydrogen-bond acceptors (Lipinski definition) is 2. The molecule has 0 atom stereocenters. The van der Waals surface area contributed by atoms with Gasteiger partial charge in [-0.2, -0.15) is 0 Å². The third-order valence-corrected chi connectivity index (χ3v) is 3.07. The van der Waals surface area contributed by atoms with Gasteiger partial charge in [-0.1, -0.05) is 36.0 Å². The number of aryl methyl sites for hydroxylation is 2. The van der Waals surface area contributed by atoms with Crippen molar-refractivity contribution in [1.29, 1.82) is 0 Å². The van der Waals surface area contributed by atoms with E-state index in [0.29, 0.717) is 0 Å². The first-order chi connectivity index (χ1) is 6.63. The van der Waals surface area contributed by atoms with Crippen molar-refractivity contribution in [3.63, 3.8) is 0 Å². The summed E-state index contributed by atoms with van der Waals surface area (Å²) >= 11 is 1.75. The molecular formula is C12H17NS. The fraction of sp³-hybridized carbons (Fsp3) is 0.333. The van der Waals surface area contributed by atoms with E-state index in [9.17, 15) is 0 Å². The molecule has 1 N–H and O–H groups in total. The standard InChI is InChI=1S/C12H17NS/c1-9-5-6-12(10(2)7-9)14-11(3)8-13-4/h5-7,13H,3,8H2,1-2,4H3. The quantitative estimate of drug-likeness (QED) is 0.761. The second-order valence-electron chi connectivity index (χ2n) is 3.44. The molecule has 0 bridgehead atoms. The summed E-state index contributed by atoms with van der Waals surface area (Å²) in [6.45, 7) is 9.12. The molecule has 0 aliphatic heterocycles. The van der Waals surface area contributed by atoms with Gasteiger partial charge in [-0.05, 0) is 37.4 Å². The summed E-state index contributed by atoms with van der Waals surface area (Å²) in [7, 11) is 1.94. The molecule has 0 unspecified atom stereocenters. The van der Waals surface area contributed by atoms with Crippen LogP contribution in [-0.2, 0) is 0 Å². The molecule has 1 aromatic rings. The number of thioether (sulfide) groups is 1. The lowest BCUT2D eigenvalue weighted by Gasteiger charge is -2.08. The van der Waals surface area contributed by atoms with Crippen LogP contribution >= 0.6 is 11.8 Å². The Morgan fingerprint density at radius 1 is 1.43 bits per heavy atom. The summed E-state index contributed by atoms with van der Waals surface area (Å²) in [5.41, 5.74) is 2.64. The molecule has 1 aromatic carbocycles. The Morgan fingerprint density at radius 2 is 2.14 bits per heavy atom. The van der Waals surface area contributed by atoms with Crippen molar-refractivity contribution in [2.24, 2.45) is 0 Å². The van der Waals surface area contributed by atoms with Crippen molar-refractivity contribution in [3.8, 4) is 0 Å². The minimum absolute atomic E-state index is 0.859. The van der Waals surface area contributed by atoms with Crippen LogP contribution < -0.4 is 5.32 Å². The van der Waals surface area contributed by atoms with Gasteiger partial charge in [0.1, 0.15) is 0 Å². The fourth-order valence-corrected chi connectivity index (χ4v) is 2.19. The van der Waals surface area contributed by atoms with Gasteiger partial charge in [0.15, 0.2) is 0 Å². The average molecular weight is 207 g/mol. The maximum Gasteiger partial charge on any atom is 0.0259 e. The van der Waals surface area contributed by atoms with E-state index in [4.69, 9.17) is 0 Å². The van der Waals surface area contributed by atoms with E-state index in [0.717, 1.165) is 11.4 Å². The molecule has 0 fully saturated rings. The first-order valence-corrected chi connectivity index (χ1v) is 5.52. The molecule has 76 valence electrons. The van der Waals surface area contributed by atoms with Crippen molar-refractivity contribution in [2.45, 2.75) is 18.7 Å². The van der Waals surface area contributed by atoms with Crippen molar-refractivity contribution in [3.05, 3.63) is 40.8 Å². The molecule has 2 heteroatoms. The molecule has 1 rings (SSSR count). The van der Waals surface area contributed by atoms with Crippen LogP contribution in [0.5, 0.6) is 0 Å². The maximum atomic E-state index is 4.00. The predicted octanol–water partition coefficient (Wildman–Crippen LogP) is 3.13. The zero-order valence-electron chi connectivity index (χ0n) is 9.05. The Bertz CT molecular complexity index is 331. The molecule has 0 amide bonds. The van der Waals surface area contributed by atoms with Gasteiger partial charge < -0.3 is 5.32 Å². The molecule has 0 saturated carbocycles. The minimum Gasteiger partial charge on any atom is -0.315 e. The first-order valence-electron chi connectivity index (χ1n) is 4.71. The van der Waals surface area contributed by atoms with Gasteiger partial charge in [0.25, 0.3) is 0 Å². The lowest BCUT2D eigenvalue weighted by Crippen LogP contribution is -2.07. The largest absolute Gasteiger partial charge is 0.315 e. The summed E-state index contributed by atoms with van der Waals surface area (Å²) in [5, 5.41) is 3.10. The topological polar surface area (TPSA) is 12.0 Å². The van der Waals surface area contributed by atoms with Crippen molar-refractivity contribution < 1.29 is 0 Å². The van der Waals surface area contributed by atoms with Crippen molar-refractivity contribution >= 4 is 11.8 Å². The normalized spacial score (nSPS) is 10.2. The van der Waals surface area contributed by atoms with E-state index in [-0.39, 0.29) is 0 Å². The van der Waals surface area contributed by atoms with E-state index in [1.807, 2.05) is 7.05 Å². The molecular weight excluding hydrogens is 190 g/mol. The molecule has 0 aromatic heterocycles.